The maximum absolute atomic E-state index is 5.97. The Labute approximate surface area is 137 Å². The Kier molecular flexibility index (Phi) is 3.62. The number of rotatable bonds is 4. The molecule has 0 aliphatic rings. The van der Waals surface area contributed by atoms with E-state index in [1.54, 1.807) is 0 Å². The highest BCUT2D eigenvalue weighted by molar-refractivity contribution is 7.00. The number of hydrogen-bond donors (Lipinski definition) is 0. The lowest BCUT2D eigenvalue weighted by Crippen LogP contribution is -1.91. The minimum atomic E-state index is 0.611. The Morgan fingerprint density at radius 3 is 1.48 bits per heavy atom. The van der Waals surface area contributed by atoms with Crippen molar-refractivity contribution < 1.29 is 9.47 Å². The Morgan fingerprint density at radius 2 is 1.04 bits per heavy atom. The van der Waals surface area contributed by atoms with E-state index in [1.165, 1.54) is 11.7 Å². The van der Waals surface area contributed by atoms with Crippen LogP contribution < -0.4 is 9.47 Å². The predicted molar refractivity (Wildman–Crippen MR) is 90.4 cm³/mol. The molecule has 0 bridgehead atoms. The molecule has 0 saturated heterocycles. The van der Waals surface area contributed by atoms with Crippen molar-refractivity contribution in [1.29, 1.82) is 0 Å². The third-order valence-corrected chi connectivity index (χ3v) is 3.82. The van der Waals surface area contributed by atoms with Crippen molar-refractivity contribution in [3.8, 4) is 23.0 Å². The first-order valence-electron chi connectivity index (χ1n) is 7.10. The van der Waals surface area contributed by atoms with Gasteiger partial charge in [-0.2, -0.15) is 8.75 Å². The number of hydrogen-bond acceptors (Lipinski definition) is 5. The molecule has 4 nitrogen and oxygen atoms in total. The van der Waals surface area contributed by atoms with Crippen molar-refractivity contribution in [3.05, 3.63) is 72.8 Å². The van der Waals surface area contributed by atoms with Crippen LogP contribution in [-0.2, 0) is 0 Å². The van der Waals surface area contributed by atoms with Gasteiger partial charge in [0.25, 0.3) is 0 Å². The fourth-order valence-electron chi connectivity index (χ4n) is 2.18. The van der Waals surface area contributed by atoms with Gasteiger partial charge in [0.2, 0.25) is 0 Å². The highest BCUT2D eigenvalue weighted by Crippen LogP contribution is 2.37. The molecule has 0 saturated carbocycles. The molecule has 0 spiro atoms. The van der Waals surface area contributed by atoms with E-state index in [2.05, 4.69) is 8.75 Å². The summed E-state index contributed by atoms with van der Waals surface area (Å²) in [6, 6.07) is 22.9. The van der Waals surface area contributed by atoms with E-state index < -0.39 is 0 Å². The van der Waals surface area contributed by atoms with Crippen molar-refractivity contribution in [2.75, 3.05) is 0 Å². The lowest BCUT2D eigenvalue weighted by Gasteiger charge is -2.12. The fraction of sp³-hybridized carbons (Fsp3) is 0. The molecule has 0 atom stereocenters. The number of ether oxygens (including phenoxy) is 2. The predicted octanol–water partition coefficient (Wildman–Crippen LogP) is 5.28. The van der Waals surface area contributed by atoms with E-state index >= 15 is 0 Å². The van der Waals surface area contributed by atoms with Crippen LogP contribution >= 0.6 is 11.7 Å². The molecule has 0 fully saturated rings. The van der Waals surface area contributed by atoms with Gasteiger partial charge in [-0.1, -0.05) is 36.4 Å². The Bertz CT molecular complexity index is 848. The third kappa shape index (κ3) is 3.00. The summed E-state index contributed by atoms with van der Waals surface area (Å²) in [6.45, 7) is 0. The molecule has 0 unspecified atom stereocenters. The quantitative estimate of drug-likeness (QED) is 0.513. The van der Waals surface area contributed by atoms with Crippen LogP contribution in [0, 0.1) is 0 Å². The minimum absolute atomic E-state index is 0.611. The zero-order chi connectivity index (χ0) is 15.5. The Hall–Kier alpha value is -2.92. The maximum atomic E-state index is 5.97. The Balaban J connectivity index is 1.75. The average molecular weight is 320 g/mol. The van der Waals surface area contributed by atoms with Gasteiger partial charge in [-0.25, -0.2) is 0 Å². The van der Waals surface area contributed by atoms with Crippen LogP contribution in [0.4, 0.5) is 0 Å². The molecular weight excluding hydrogens is 308 g/mol. The summed E-state index contributed by atoms with van der Waals surface area (Å²) in [5, 5.41) is 0. The molecule has 0 aliphatic heterocycles. The summed E-state index contributed by atoms with van der Waals surface area (Å²) in [4.78, 5) is 0. The van der Waals surface area contributed by atoms with Gasteiger partial charge >= 0.3 is 0 Å². The van der Waals surface area contributed by atoms with Crippen LogP contribution in [0.2, 0.25) is 0 Å². The lowest BCUT2D eigenvalue weighted by atomic mass is 10.2. The summed E-state index contributed by atoms with van der Waals surface area (Å²) < 4.78 is 20.5. The number of benzene rings is 3. The molecule has 23 heavy (non-hydrogen) atoms. The largest absolute Gasteiger partial charge is 0.453 e. The molecule has 0 N–H and O–H groups in total. The lowest BCUT2D eigenvalue weighted by molar-refractivity contribution is 0.419. The number of fused-ring (bicyclic) bond motifs is 1. The van der Waals surface area contributed by atoms with Crippen molar-refractivity contribution in [2.24, 2.45) is 0 Å². The van der Waals surface area contributed by atoms with Gasteiger partial charge in [0.1, 0.15) is 22.5 Å². The SMILES string of the molecule is c1ccc(Oc2cc3nsnc3cc2Oc2ccccc2)cc1. The fourth-order valence-corrected chi connectivity index (χ4v) is 2.69. The molecule has 0 aliphatic carbocycles. The monoisotopic (exact) mass is 320 g/mol. The van der Waals surface area contributed by atoms with E-state index in [-0.39, 0.29) is 0 Å². The minimum Gasteiger partial charge on any atom is -0.453 e. The van der Waals surface area contributed by atoms with Crippen molar-refractivity contribution >= 4 is 22.8 Å². The number of aromatic nitrogens is 2. The van der Waals surface area contributed by atoms with E-state index in [1.807, 2.05) is 72.8 Å². The molecule has 0 radical (unpaired) electrons. The smallest absolute Gasteiger partial charge is 0.172 e. The summed E-state index contributed by atoms with van der Waals surface area (Å²) in [6.07, 6.45) is 0. The zero-order valence-electron chi connectivity index (χ0n) is 12.0. The van der Waals surface area contributed by atoms with Gasteiger partial charge in [0, 0.05) is 12.1 Å². The normalized spacial score (nSPS) is 10.6. The second-order valence-corrected chi connectivity index (χ2v) is 5.41. The molecule has 1 heterocycles. The first-order valence-corrected chi connectivity index (χ1v) is 7.84. The standard InChI is InChI=1S/C18H12N2O2S/c1-3-7-13(8-4-1)21-17-11-15-16(20-23-19-15)12-18(17)22-14-9-5-2-6-10-14/h1-12H. The van der Waals surface area contributed by atoms with Gasteiger partial charge < -0.3 is 9.47 Å². The van der Waals surface area contributed by atoms with E-state index in [0.29, 0.717) is 11.5 Å². The second-order valence-electron chi connectivity index (χ2n) is 4.88. The van der Waals surface area contributed by atoms with Gasteiger partial charge in [0.15, 0.2) is 11.5 Å². The molecule has 5 heteroatoms. The van der Waals surface area contributed by atoms with Crippen molar-refractivity contribution in [2.45, 2.75) is 0 Å². The Morgan fingerprint density at radius 1 is 0.609 bits per heavy atom. The first kappa shape index (κ1) is 13.7. The average Bonchev–Trinajstić information content (AvgIpc) is 3.04. The summed E-state index contributed by atoms with van der Waals surface area (Å²) in [5.74, 6) is 2.71. The third-order valence-electron chi connectivity index (χ3n) is 3.26. The number of para-hydroxylation sites is 2. The van der Waals surface area contributed by atoms with Gasteiger partial charge in [-0.05, 0) is 24.3 Å². The molecule has 0 amide bonds. The molecular formula is C18H12N2O2S. The second kappa shape index (κ2) is 6.06. The topological polar surface area (TPSA) is 44.2 Å². The number of nitrogens with zero attached hydrogens (tertiary/aromatic N) is 2. The van der Waals surface area contributed by atoms with Crippen molar-refractivity contribution in [1.82, 2.24) is 8.75 Å². The highest BCUT2D eigenvalue weighted by Gasteiger charge is 2.12. The van der Waals surface area contributed by atoms with E-state index in [0.717, 1.165) is 22.5 Å². The molecule has 4 aromatic rings. The molecule has 3 aromatic carbocycles. The van der Waals surface area contributed by atoms with Crippen LogP contribution in [0.1, 0.15) is 0 Å². The highest BCUT2D eigenvalue weighted by atomic mass is 32.1. The molecule has 4 rings (SSSR count). The van der Waals surface area contributed by atoms with E-state index in [4.69, 9.17) is 9.47 Å². The van der Waals surface area contributed by atoms with Crippen LogP contribution in [0.25, 0.3) is 11.0 Å². The maximum Gasteiger partial charge on any atom is 0.172 e. The first-order chi connectivity index (χ1) is 11.4. The van der Waals surface area contributed by atoms with Gasteiger partial charge in [-0.15, -0.1) is 0 Å². The van der Waals surface area contributed by atoms with Crippen LogP contribution in [-0.4, -0.2) is 8.75 Å². The van der Waals surface area contributed by atoms with Gasteiger partial charge in [-0.3, -0.25) is 0 Å². The van der Waals surface area contributed by atoms with Gasteiger partial charge in [0.05, 0.1) is 11.7 Å². The molecule has 112 valence electrons. The summed E-state index contributed by atoms with van der Waals surface area (Å²) in [5.41, 5.74) is 1.59. The zero-order valence-corrected chi connectivity index (χ0v) is 12.9. The van der Waals surface area contributed by atoms with Crippen LogP contribution in [0.3, 0.4) is 0 Å². The van der Waals surface area contributed by atoms with Crippen molar-refractivity contribution in [3.63, 3.8) is 0 Å². The summed E-state index contributed by atoms with van der Waals surface area (Å²) >= 11 is 1.17. The van der Waals surface area contributed by atoms with Crippen LogP contribution in [0.15, 0.2) is 72.8 Å². The van der Waals surface area contributed by atoms with E-state index in [9.17, 15) is 0 Å². The van der Waals surface area contributed by atoms with Crippen LogP contribution in [0.5, 0.6) is 23.0 Å². The summed E-state index contributed by atoms with van der Waals surface area (Å²) in [7, 11) is 0. The molecule has 1 aromatic heterocycles.